The molecule has 8 heteroatoms. The van der Waals surface area contributed by atoms with E-state index in [1.54, 1.807) is 6.21 Å². The second kappa shape index (κ2) is 10.9. The Labute approximate surface area is 214 Å². The zero-order valence-electron chi connectivity index (χ0n) is 19.8. The maximum Gasteiger partial charge on any atom is 0.250 e. The predicted octanol–water partition coefficient (Wildman–Crippen LogP) is 6.13. The summed E-state index contributed by atoms with van der Waals surface area (Å²) in [6.07, 6.45) is 1.64. The highest BCUT2D eigenvalue weighted by atomic mass is 35.5. The van der Waals surface area contributed by atoms with Crippen molar-refractivity contribution in [2.24, 2.45) is 5.10 Å². The largest absolute Gasteiger partial charge is 0.272 e. The van der Waals surface area contributed by atoms with Gasteiger partial charge in [-0.2, -0.15) is 5.10 Å². The molecular weight excluding hydrogens is 478 g/mol. The van der Waals surface area contributed by atoms with Crippen LogP contribution in [0.2, 0.25) is 5.02 Å². The van der Waals surface area contributed by atoms with Gasteiger partial charge in [0, 0.05) is 16.3 Å². The molecule has 0 fully saturated rings. The smallest absolute Gasteiger partial charge is 0.250 e. The zero-order chi connectivity index (χ0) is 24.8. The summed E-state index contributed by atoms with van der Waals surface area (Å²) in [5, 5.41) is 14.1. The molecule has 0 aliphatic heterocycles. The van der Waals surface area contributed by atoms with Crippen molar-refractivity contribution in [2.75, 3.05) is 5.75 Å². The second-order valence-electron chi connectivity index (χ2n) is 8.94. The van der Waals surface area contributed by atoms with Crippen molar-refractivity contribution in [3.05, 3.63) is 95.0 Å². The van der Waals surface area contributed by atoms with Crippen molar-refractivity contribution < 1.29 is 4.79 Å². The summed E-state index contributed by atoms with van der Waals surface area (Å²) in [5.74, 6) is 0.590. The summed E-state index contributed by atoms with van der Waals surface area (Å²) in [4.78, 5) is 12.4. The summed E-state index contributed by atoms with van der Waals surface area (Å²) in [6.45, 7) is 6.51. The van der Waals surface area contributed by atoms with E-state index in [2.05, 4.69) is 53.6 Å². The maximum absolute atomic E-state index is 12.4. The number of thioether (sulfide) groups is 1. The summed E-state index contributed by atoms with van der Waals surface area (Å²) in [6, 6.07) is 25.4. The van der Waals surface area contributed by atoms with Crippen LogP contribution in [0.1, 0.15) is 31.9 Å². The maximum atomic E-state index is 12.4. The number of hydrogen-bond acceptors (Lipinski definition) is 5. The molecule has 4 rings (SSSR count). The number of carbonyl (C=O) groups is 1. The van der Waals surface area contributed by atoms with Crippen molar-refractivity contribution in [1.29, 1.82) is 0 Å². The van der Waals surface area contributed by atoms with Crippen LogP contribution >= 0.6 is 23.4 Å². The van der Waals surface area contributed by atoms with Gasteiger partial charge in [0.25, 0.3) is 5.91 Å². The normalized spacial score (nSPS) is 11.7. The number of hydrogen-bond donors (Lipinski definition) is 1. The Hall–Kier alpha value is -3.42. The first-order valence-electron chi connectivity index (χ1n) is 11.1. The lowest BCUT2D eigenvalue weighted by molar-refractivity contribution is -0.118. The lowest BCUT2D eigenvalue weighted by Crippen LogP contribution is -2.20. The van der Waals surface area contributed by atoms with Gasteiger partial charge >= 0.3 is 0 Å². The fourth-order valence-electron chi connectivity index (χ4n) is 3.37. The molecule has 3 aromatic carbocycles. The van der Waals surface area contributed by atoms with E-state index in [0.717, 1.165) is 16.8 Å². The number of rotatable bonds is 7. The quantitative estimate of drug-likeness (QED) is 0.187. The molecule has 0 radical (unpaired) electrons. The van der Waals surface area contributed by atoms with E-state index >= 15 is 0 Å². The standard InChI is InChI=1S/C27H26ClN5OS/c1-27(2,3)21-13-9-19(10-14-21)17-29-30-24(34)18-35-26-32-31-25(20-11-15-22(28)16-12-20)33(26)23-7-5-4-6-8-23/h4-17H,18H2,1-3H3,(H,30,34)/b29-17-. The molecule has 0 aliphatic rings. The van der Waals surface area contributed by atoms with Crippen molar-refractivity contribution in [2.45, 2.75) is 31.3 Å². The molecule has 0 bridgehead atoms. The van der Waals surface area contributed by atoms with Crippen LogP contribution in [0.25, 0.3) is 17.1 Å². The third-order valence-corrected chi connectivity index (χ3v) is 6.44. The van der Waals surface area contributed by atoms with Gasteiger partial charge in [-0.15, -0.1) is 10.2 Å². The Morgan fingerprint density at radius 3 is 2.34 bits per heavy atom. The molecule has 178 valence electrons. The molecule has 1 aromatic heterocycles. The molecule has 4 aromatic rings. The molecule has 0 saturated heterocycles. The van der Waals surface area contributed by atoms with Crippen LogP contribution in [-0.4, -0.2) is 32.6 Å². The SMILES string of the molecule is CC(C)(C)c1ccc(/C=N\NC(=O)CSc2nnc(-c3ccc(Cl)cc3)n2-c2ccccc2)cc1. The number of para-hydroxylation sites is 1. The van der Waals surface area contributed by atoms with Crippen molar-refractivity contribution >= 4 is 35.5 Å². The van der Waals surface area contributed by atoms with Crippen LogP contribution in [0.15, 0.2) is 89.1 Å². The number of benzene rings is 3. The van der Waals surface area contributed by atoms with Crippen LogP contribution in [0.5, 0.6) is 0 Å². The Morgan fingerprint density at radius 2 is 1.69 bits per heavy atom. The highest BCUT2D eigenvalue weighted by Crippen LogP contribution is 2.28. The second-order valence-corrected chi connectivity index (χ2v) is 10.3. The first-order chi connectivity index (χ1) is 16.8. The summed E-state index contributed by atoms with van der Waals surface area (Å²) >= 11 is 7.35. The van der Waals surface area contributed by atoms with Gasteiger partial charge in [-0.3, -0.25) is 9.36 Å². The van der Waals surface area contributed by atoms with E-state index in [1.165, 1.54) is 17.3 Å². The number of hydrazone groups is 1. The Bertz CT molecular complexity index is 1310. The minimum Gasteiger partial charge on any atom is -0.272 e. The van der Waals surface area contributed by atoms with E-state index in [-0.39, 0.29) is 17.1 Å². The molecule has 0 atom stereocenters. The van der Waals surface area contributed by atoms with Crippen molar-refractivity contribution in [3.8, 4) is 17.1 Å². The average molecular weight is 504 g/mol. The van der Waals surface area contributed by atoms with Gasteiger partial charge in [0.2, 0.25) is 0 Å². The molecule has 1 N–H and O–H groups in total. The lowest BCUT2D eigenvalue weighted by atomic mass is 9.87. The molecular formula is C27H26ClN5OS. The van der Waals surface area contributed by atoms with E-state index in [0.29, 0.717) is 16.0 Å². The number of aromatic nitrogens is 3. The number of carbonyl (C=O) groups excluding carboxylic acids is 1. The Balaban J connectivity index is 1.44. The third kappa shape index (κ3) is 6.38. The van der Waals surface area contributed by atoms with Crippen LogP contribution < -0.4 is 5.43 Å². The molecule has 0 unspecified atom stereocenters. The monoisotopic (exact) mass is 503 g/mol. The third-order valence-electron chi connectivity index (χ3n) is 5.26. The highest BCUT2D eigenvalue weighted by molar-refractivity contribution is 7.99. The minimum absolute atomic E-state index is 0.0921. The highest BCUT2D eigenvalue weighted by Gasteiger charge is 2.17. The van der Waals surface area contributed by atoms with Crippen LogP contribution in [0, 0.1) is 0 Å². The van der Waals surface area contributed by atoms with Gasteiger partial charge in [-0.25, -0.2) is 5.43 Å². The predicted molar refractivity (Wildman–Crippen MR) is 143 cm³/mol. The molecule has 6 nitrogen and oxygen atoms in total. The fourth-order valence-corrected chi connectivity index (χ4v) is 4.24. The van der Waals surface area contributed by atoms with Gasteiger partial charge < -0.3 is 0 Å². The number of nitrogens with one attached hydrogen (secondary N) is 1. The van der Waals surface area contributed by atoms with E-state index in [1.807, 2.05) is 71.3 Å². The number of halogens is 1. The Kier molecular flexibility index (Phi) is 7.68. The van der Waals surface area contributed by atoms with Gasteiger partial charge in [0.1, 0.15) is 0 Å². The fraction of sp³-hybridized carbons (Fsp3) is 0.185. The van der Waals surface area contributed by atoms with Gasteiger partial charge in [-0.1, -0.05) is 86.6 Å². The number of nitrogens with zero attached hydrogens (tertiary/aromatic N) is 4. The van der Waals surface area contributed by atoms with E-state index in [9.17, 15) is 4.79 Å². The lowest BCUT2D eigenvalue weighted by Gasteiger charge is -2.18. The summed E-state index contributed by atoms with van der Waals surface area (Å²) in [5.41, 5.74) is 6.63. The molecule has 0 spiro atoms. The Morgan fingerprint density at radius 1 is 1.00 bits per heavy atom. The molecule has 1 heterocycles. The minimum atomic E-state index is -0.229. The van der Waals surface area contributed by atoms with E-state index < -0.39 is 0 Å². The topological polar surface area (TPSA) is 72.2 Å². The first-order valence-corrected chi connectivity index (χ1v) is 12.5. The van der Waals surface area contributed by atoms with Crippen LogP contribution in [0.3, 0.4) is 0 Å². The van der Waals surface area contributed by atoms with E-state index in [4.69, 9.17) is 11.6 Å². The molecule has 1 amide bonds. The molecule has 0 aliphatic carbocycles. The van der Waals surface area contributed by atoms with Gasteiger partial charge in [-0.05, 0) is 52.9 Å². The van der Waals surface area contributed by atoms with Gasteiger partial charge in [0.15, 0.2) is 11.0 Å². The molecule has 35 heavy (non-hydrogen) atoms. The van der Waals surface area contributed by atoms with Crippen molar-refractivity contribution in [3.63, 3.8) is 0 Å². The first kappa shape index (κ1) is 24.7. The number of amides is 1. The summed E-state index contributed by atoms with van der Waals surface area (Å²) < 4.78 is 1.93. The molecule has 0 saturated carbocycles. The van der Waals surface area contributed by atoms with Crippen LogP contribution in [0.4, 0.5) is 0 Å². The van der Waals surface area contributed by atoms with Crippen molar-refractivity contribution in [1.82, 2.24) is 20.2 Å². The summed E-state index contributed by atoms with van der Waals surface area (Å²) in [7, 11) is 0. The van der Waals surface area contributed by atoms with Gasteiger partial charge in [0.05, 0.1) is 12.0 Å². The van der Waals surface area contributed by atoms with Crippen LogP contribution in [-0.2, 0) is 10.2 Å². The average Bonchev–Trinajstić information content (AvgIpc) is 3.27. The zero-order valence-corrected chi connectivity index (χ0v) is 21.3.